The first kappa shape index (κ1) is 12.8. The number of cyclic esters (lactones) is 1. The van der Waals surface area contributed by atoms with Crippen molar-refractivity contribution in [2.45, 2.75) is 25.0 Å². The molecular weight excluding hydrogens is 260 g/mol. The summed E-state index contributed by atoms with van der Waals surface area (Å²) in [7, 11) is 0. The van der Waals surface area contributed by atoms with Crippen molar-refractivity contribution in [3.63, 3.8) is 0 Å². The highest BCUT2D eigenvalue weighted by atomic mass is 16.6. The molecule has 0 bridgehead atoms. The molecule has 1 aromatic rings. The van der Waals surface area contributed by atoms with Gasteiger partial charge in [0, 0.05) is 4.91 Å². The van der Waals surface area contributed by atoms with E-state index >= 15 is 0 Å². The third kappa shape index (κ3) is 2.29. The molecule has 2 atom stereocenters. The Morgan fingerprint density at radius 3 is 2.65 bits per heavy atom. The Labute approximate surface area is 115 Å². The predicted octanol–water partition coefficient (Wildman–Crippen LogP) is 1.65. The van der Waals surface area contributed by atoms with Crippen LogP contribution in [0.5, 0.6) is 0 Å². The molecule has 0 spiro atoms. The van der Waals surface area contributed by atoms with E-state index in [0.717, 1.165) is 5.56 Å². The average molecular weight is 275 g/mol. The van der Waals surface area contributed by atoms with Crippen LogP contribution in [0.15, 0.2) is 30.3 Å². The van der Waals surface area contributed by atoms with E-state index in [0.29, 0.717) is 17.7 Å². The van der Waals surface area contributed by atoms with E-state index in [-0.39, 0.29) is 25.1 Å². The van der Waals surface area contributed by atoms with Gasteiger partial charge < -0.3 is 4.74 Å². The summed E-state index contributed by atoms with van der Waals surface area (Å²) < 4.78 is 5.80. The van der Waals surface area contributed by atoms with Gasteiger partial charge in [0.25, 0.3) is 0 Å². The van der Waals surface area contributed by atoms with Crippen LogP contribution in [0.1, 0.15) is 24.5 Å². The second-order valence-corrected chi connectivity index (χ2v) is 5.08. The fourth-order valence-corrected chi connectivity index (χ4v) is 2.67. The number of carbonyl (C=O) groups excluding carboxylic acids is 2. The van der Waals surface area contributed by atoms with E-state index < -0.39 is 12.0 Å². The third-order valence-electron chi connectivity index (χ3n) is 3.80. The summed E-state index contributed by atoms with van der Waals surface area (Å²) >= 11 is 0. The van der Waals surface area contributed by atoms with Crippen molar-refractivity contribution in [1.29, 1.82) is 0 Å². The normalized spacial score (nSPS) is 26.8. The highest BCUT2D eigenvalue weighted by Crippen LogP contribution is 2.29. The molecule has 2 heterocycles. The molecule has 2 aliphatic rings. The van der Waals surface area contributed by atoms with E-state index in [1.54, 1.807) is 4.90 Å². The number of carbonyl (C=O) groups is 2. The lowest BCUT2D eigenvalue weighted by atomic mass is 10.0. The Kier molecular flexibility index (Phi) is 3.22. The number of hydrogen-bond donors (Lipinski definition) is 0. The Morgan fingerprint density at radius 2 is 1.95 bits per heavy atom. The van der Waals surface area contributed by atoms with Gasteiger partial charge in [0.15, 0.2) is 0 Å². The smallest absolute Gasteiger partial charge is 0.433 e. The van der Waals surface area contributed by atoms with Crippen molar-refractivity contribution < 1.29 is 19.1 Å². The molecule has 6 heteroatoms. The Hall–Kier alpha value is -2.24. The second-order valence-electron chi connectivity index (χ2n) is 5.08. The molecular formula is C14H15N2O4+. The molecule has 0 saturated carbocycles. The molecule has 1 unspecified atom stereocenters. The second kappa shape index (κ2) is 5.03. The number of amides is 2. The predicted molar refractivity (Wildman–Crippen MR) is 68.9 cm³/mol. The number of benzene rings is 1. The zero-order chi connectivity index (χ0) is 14.1. The summed E-state index contributed by atoms with van der Waals surface area (Å²) in [6.07, 6.45) is -0.00434. The summed E-state index contributed by atoms with van der Waals surface area (Å²) in [5, 5.41) is 0. The van der Waals surface area contributed by atoms with Crippen LogP contribution < -0.4 is 0 Å². The first-order chi connectivity index (χ1) is 9.65. The maximum absolute atomic E-state index is 11.9. The molecule has 2 aliphatic heterocycles. The molecule has 0 radical (unpaired) electrons. The van der Waals surface area contributed by atoms with Gasteiger partial charge in [-0.1, -0.05) is 30.3 Å². The first-order valence-electron chi connectivity index (χ1n) is 6.65. The van der Waals surface area contributed by atoms with Crippen molar-refractivity contribution in [2.75, 3.05) is 13.1 Å². The molecule has 3 rings (SSSR count). The van der Waals surface area contributed by atoms with Crippen molar-refractivity contribution in [2.24, 2.45) is 0 Å². The van der Waals surface area contributed by atoms with Gasteiger partial charge in [0.1, 0.15) is 6.10 Å². The highest BCUT2D eigenvalue weighted by molar-refractivity contribution is 5.72. The summed E-state index contributed by atoms with van der Waals surface area (Å²) in [5.41, 5.74) is 0.939. The Bertz CT molecular complexity index is 558. The van der Waals surface area contributed by atoms with Crippen LogP contribution in [-0.2, 0) is 9.53 Å². The lowest BCUT2D eigenvalue weighted by Gasteiger charge is -2.23. The fraction of sp³-hybridized carbons (Fsp3) is 0.429. The maximum atomic E-state index is 11.9. The Balaban J connectivity index is 1.71. The molecule has 1 aromatic carbocycles. The Morgan fingerprint density at radius 1 is 1.20 bits per heavy atom. The molecule has 0 aromatic heterocycles. The average Bonchev–Trinajstić information content (AvgIpc) is 2.85. The van der Waals surface area contributed by atoms with Gasteiger partial charge in [0.2, 0.25) is 6.54 Å². The maximum Gasteiger partial charge on any atom is 0.433 e. The van der Waals surface area contributed by atoms with Crippen molar-refractivity contribution in [3.8, 4) is 0 Å². The van der Waals surface area contributed by atoms with Gasteiger partial charge in [-0.05, 0) is 12.0 Å². The number of nitrogens with zero attached hydrogens (tertiary/aromatic N) is 2. The van der Waals surface area contributed by atoms with E-state index in [9.17, 15) is 14.5 Å². The molecule has 6 nitrogen and oxygen atoms in total. The van der Waals surface area contributed by atoms with Crippen LogP contribution in [0.3, 0.4) is 0 Å². The molecule has 0 aliphatic carbocycles. The summed E-state index contributed by atoms with van der Waals surface area (Å²) in [5.74, 6) is -0.409. The number of piperidine rings is 1. The molecule has 2 amide bonds. The van der Waals surface area contributed by atoms with Gasteiger partial charge in [0.05, 0.1) is 23.8 Å². The first-order valence-corrected chi connectivity index (χ1v) is 6.65. The highest BCUT2D eigenvalue weighted by Gasteiger charge is 2.43. The fourth-order valence-electron chi connectivity index (χ4n) is 2.67. The van der Waals surface area contributed by atoms with Crippen LogP contribution in [0.4, 0.5) is 4.79 Å². The minimum atomic E-state index is -0.411. The van der Waals surface area contributed by atoms with Crippen molar-refractivity contribution in [3.05, 3.63) is 40.8 Å². The number of hydrogen-bond acceptors (Lipinski definition) is 4. The summed E-state index contributed by atoms with van der Waals surface area (Å²) in [6.45, 7) is 0.463. The SMILES string of the molecule is O=C1O[C@@H](c2ccccc2)CN1C1CCC(=O)[N+](=O)C1. The van der Waals surface area contributed by atoms with Crippen LogP contribution in [0.2, 0.25) is 0 Å². The van der Waals surface area contributed by atoms with Crippen LogP contribution >= 0.6 is 0 Å². The minimum absolute atomic E-state index is 0.0371. The molecule has 2 saturated heterocycles. The van der Waals surface area contributed by atoms with E-state index in [1.165, 1.54) is 0 Å². The largest absolute Gasteiger partial charge is 0.439 e. The van der Waals surface area contributed by atoms with E-state index in [1.807, 2.05) is 30.3 Å². The zero-order valence-electron chi connectivity index (χ0n) is 10.9. The van der Waals surface area contributed by atoms with E-state index in [4.69, 9.17) is 4.74 Å². The van der Waals surface area contributed by atoms with Crippen molar-refractivity contribution in [1.82, 2.24) is 4.90 Å². The quantitative estimate of drug-likeness (QED) is 0.770. The molecule has 2 fully saturated rings. The summed E-state index contributed by atoms with van der Waals surface area (Å²) in [4.78, 5) is 36.1. The third-order valence-corrected chi connectivity index (χ3v) is 3.80. The van der Waals surface area contributed by atoms with Crippen molar-refractivity contribution >= 4 is 12.0 Å². The number of ether oxygens (including phenoxy) is 1. The monoisotopic (exact) mass is 275 g/mol. The number of rotatable bonds is 2. The molecule has 104 valence electrons. The summed E-state index contributed by atoms with van der Waals surface area (Å²) in [6, 6.07) is 9.26. The lowest BCUT2D eigenvalue weighted by molar-refractivity contribution is -0.482. The van der Waals surface area contributed by atoms with Crippen LogP contribution in [0.25, 0.3) is 0 Å². The van der Waals surface area contributed by atoms with Gasteiger partial charge >= 0.3 is 12.0 Å². The molecule has 20 heavy (non-hydrogen) atoms. The molecule has 0 N–H and O–H groups in total. The topological polar surface area (TPSA) is 66.7 Å². The number of nitroso groups, excluding NO2 is 1. The minimum Gasteiger partial charge on any atom is -0.439 e. The zero-order valence-corrected chi connectivity index (χ0v) is 10.9. The van der Waals surface area contributed by atoms with Crippen LogP contribution in [0, 0.1) is 4.91 Å². The van der Waals surface area contributed by atoms with Gasteiger partial charge in [-0.15, -0.1) is 0 Å². The standard InChI is InChI=1S/C14H15N2O4/c17-13-7-6-11(8-16(13)19)15-9-12(20-14(15)18)10-4-2-1-3-5-10/h1-5,11-12H,6-9H2/q+1/t11?,12-/m1/s1. The van der Waals surface area contributed by atoms with Gasteiger partial charge in [-0.25, -0.2) is 9.59 Å². The van der Waals surface area contributed by atoms with E-state index in [2.05, 4.69) is 0 Å². The van der Waals surface area contributed by atoms with Gasteiger partial charge in [-0.3, -0.25) is 4.90 Å². The van der Waals surface area contributed by atoms with Gasteiger partial charge in [-0.2, -0.15) is 0 Å². The lowest BCUT2D eigenvalue weighted by Crippen LogP contribution is -2.46. The van der Waals surface area contributed by atoms with Crippen LogP contribution in [-0.4, -0.2) is 40.8 Å².